The van der Waals surface area contributed by atoms with E-state index in [0.717, 1.165) is 5.82 Å². The van der Waals surface area contributed by atoms with Crippen LogP contribution in [0.25, 0.3) is 12.0 Å². The van der Waals surface area contributed by atoms with Crippen molar-refractivity contribution in [3.8, 4) is 0 Å². The molecule has 0 bridgehead atoms. The Kier molecular flexibility index (Phi) is 17.4. The summed E-state index contributed by atoms with van der Waals surface area (Å²) >= 11 is 0. The standard InChI is InChI=1S/C6H8N4.C6H7N3.CH4.2Y/c1-3-6(7)10-4-8-5(2)9-10;1-3-4-9-5-7-6(2)8-9;;;/h7H2,1-2H3;4H,1-2H3;1H4;;/q2*-2;;;. The molecule has 0 aromatic carbocycles. The maximum Gasteiger partial charge on any atom is 0.0444 e. The van der Waals surface area contributed by atoms with Crippen molar-refractivity contribution >= 4 is 12.0 Å². The molecule has 0 fully saturated rings. The summed E-state index contributed by atoms with van der Waals surface area (Å²) in [4.78, 5) is 7.56. The van der Waals surface area contributed by atoms with Crippen LogP contribution in [0.5, 0.6) is 0 Å². The molecule has 2 aromatic heterocycles. The van der Waals surface area contributed by atoms with E-state index in [0.29, 0.717) is 11.6 Å². The van der Waals surface area contributed by atoms with Gasteiger partial charge in [0, 0.05) is 89.7 Å². The molecule has 2 N–H and O–H groups in total. The van der Waals surface area contributed by atoms with Crippen LogP contribution in [-0.2, 0) is 65.4 Å². The van der Waals surface area contributed by atoms with E-state index in [1.54, 1.807) is 27.0 Å². The predicted octanol–water partition coefficient (Wildman–Crippen LogP) is 1.28. The number of rotatable bonds is 2. The van der Waals surface area contributed by atoms with Gasteiger partial charge < -0.3 is 37.2 Å². The van der Waals surface area contributed by atoms with Gasteiger partial charge in [0.05, 0.1) is 0 Å². The van der Waals surface area contributed by atoms with Gasteiger partial charge >= 0.3 is 0 Å². The number of nitrogens with zero attached hydrogens (tertiary/aromatic N) is 6. The number of aromatic nitrogens is 6. The number of hydrogen-bond donors (Lipinski definition) is 1. The Labute approximate surface area is 182 Å². The van der Waals surface area contributed by atoms with Crippen LogP contribution in [0.4, 0.5) is 0 Å². The van der Waals surface area contributed by atoms with E-state index in [1.165, 1.54) is 9.36 Å². The van der Waals surface area contributed by atoms with Crippen molar-refractivity contribution in [3.05, 3.63) is 36.5 Å². The third-order valence-electron chi connectivity index (χ3n) is 1.85. The molecule has 2 radical (unpaired) electrons. The zero-order valence-corrected chi connectivity index (χ0v) is 18.2. The first kappa shape index (κ1) is 26.7. The first-order valence-corrected chi connectivity index (χ1v) is 5.50. The van der Waals surface area contributed by atoms with Gasteiger partial charge in [0.2, 0.25) is 0 Å². The Hall–Kier alpha value is -0.232. The summed E-state index contributed by atoms with van der Waals surface area (Å²) < 4.78 is 2.85. The van der Waals surface area contributed by atoms with Crippen molar-refractivity contribution in [2.75, 3.05) is 0 Å². The van der Waals surface area contributed by atoms with Gasteiger partial charge in [-0.3, -0.25) is 6.20 Å². The van der Waals surface area contributed by atoms with E-state index >= 15 is 0 Å². The van der Waals surface area contributed by atoms with Crippen LogP contribution in [-0.4, -0.2) is 29.5 Å². The van der Waals surface area contributed by atoms with Crippen LogP contribution in [0, 0.1) is 38.7 Å². The molecule has 0 aliphatic rings. The molecule has 2 aromatic rings. The van der Waals surface area contributed by atoms with E-state index < -0.39 is 0 Å². The minimum atomic E-state index is 0. The minimum Gasteiger partial charge on any atom is -0.552 e. The Morgan fingerprint density at radius 1 is 1.09 bits per heavy atom. The largest absolute Gasteiger partial charge is 0.552 e. The van der Waals surface area contributed by atoms with E-state index in [9.17, 15) is 0 Å². The van der Waals surface area contributed by atoms with E-state index in [1.807, 2.05) is 6.92 Å². The fraction of sp³-hybridized carbons (Fsp3) is 0.385. The molecule has 0 spiro atoms. The molecule has 22 heavy (non-hydrogen) atoms. The van der Waals surface area contributed by atoms with Gasteiger partial charge in [0.1, 0.15) is 0 Å². The van der Waals surface area contributed by atoms with Crippen LogP contribution < -0.4 is 5.73 Å². The molecule has 7 nitrogen and oxygen atoms in total. The van der Waals surface area contributed by atoms with Gasteiger partial charge in [-0.05, 0) is 13.8 Å². The zero-order valence-electron chi connectivity index (χ0n) is 12.5. The molecular formula is C13H19N7Y2-4. The molecular weight excluding hydrogens is 432 g/mol. The van der Waals surface area contributed by atoms with Crippen LogP contribution in [0.3, 0.4) is 0 Å². The number of aryl methyl sites for hydroxylation is 2. The fourth-order valence-electron chi connectivity index (χ4n) is 1.03. The summed E-state index contributed by atoms with van der Waals surface area (Å²) in [6, 6.07) is 0. The molecule has 0 atom stereocenters. The summed E-state index contributed by atoms with van der Waals surface area (Å²) in [5.74, 6) is 1.79. The topological polar surface area (TPSA) is 87.4 Å². The second kappa shape index (κ2) is 14.4. The van der Waals surface area contributed by atoms with Crippen LogP contribution in [0.15, 0.2) is 0 Å². The summed E-state index contributed by atoms with van der Waals surface area (Å²) in [6.07, 6.45) is 12.4. The van der Waals surface area contributed by atoms with Gasteiger partial charge in [-0.2, -0.15) is 5.82 Å². The maximum absolute atomic E-state index is 5.44. The first-order chi connectivity index (χ1) is 9.06. The molecule has 2 heterocycles. The van der Waals surface area contributed by atoms with Crippen molar-refractivity contribution in [1.82, 2.24) is 29.5 Å². The SMILES string of the molecule is C.C[C-]=C(N)n1[c-]nc(C)n1.C[C-]=Cn1[c-]nc(C)n1.[Y].[Y]. The van der Waals surface area contributed by atoms with E-state index in [2.05, 4.69) is 45.0 Å². The predicted molar refractivity (Wildman–Crippen MR) is 76.4 cm³/mol. The van der Waals surface area contributed by atoms with E-state index in [-0.39, 0.29) is 72.8 Å². The normalized spacial score (nSPS) is 9.91. The van der Waals surface area contributed by atoms with Gasteiger partial charge in [0.15, 0.2) is 0 Å². The Morgan fingerprint density at radius 3 is 2.00 bits per heavy atom. The van der Waals surface area contributed by atoms with Crippen molar-refractivity contribution in [2.24, 2.45) is 5.73 Å². The van der Waals surface area contributed by atoms with Crippen molar-refractivity contribution in [3.63, 3.8) is 0 Å². The van der Waals surface area contributed by atoms with Gasteiger partial charge in [0.25, 0.3) is 0 Å². The van der Waals surface area contributed by atoms with Gasteiger partial charge in [-0.1, -0.05) is 7.43 Å². The second-order valence-electron chi connectivity index (χ2n) is 3.43. The summed E-state index contributed by atoms with van der Waals surface area (Å²) in [5, 5.41) is 7.84. The van der Waals surface area contributed by atoms with Crippen molar-refractivity contribution in [1.29, 1.82) is 0 Å². The summed E-state index contributed by atoms with van der Waals surface area (Å²) in [7, 11) is 0. The smallest absolute Gasteiger partial charge is 0.0444 e. The molecule has 0 saturated carbocycles. The number of nitrogens with two attached hydrogens (primary N) is 1. The Morgan fingerprint density at radius 2 is 1.64 bits per heavy atom. The molecule has 9 heteroatoms. The first-order valence-electron chi connectivity index (χ1n) is 5.50. The minimum absolute atomic E-state index is 0. The maximum atomic E-state index is 5.44. The average Bonchev–Trinajstić information content (AvgIpc) is 2.99. The third-order valence-corrected chi connectivity index (χ3v) is 1.85. The Bertz CT molecular complexity index is 572. The fourth-order valence-corrected chi connectivity index (χ4v) is 1.03. The third kappa shape index (κ3) is 9.72. The van der Waals surface area contributed by atoms with Crippen LogP contribution >= 0.6 is 0 Å². The molecule has 0 saturated heterocycles. The van der Waals surface area contributed by atoms with Gasteiger partial charge in [-0.25, -0.2) is 24.0 Å². The van der Waals surface area contributed by atoms with Crippen molar-refractivity contribution < 1.29 is 65.4 Å². The molecule has 0 aliphatic carbocycles. The summed E-state index contributed by atoms with van der Waals surface area (Å²) in [5.41, 5.74) is 5.44. The second-order valence-corrected chi connectivity index (χ2v) is 3.43. The van der Waals surface area contributed by atoms with Crippen LogP contribution in [0.2, 0.25) is 0 Å². The Balaban J connectivity index is -0.000000290. The molecule has 116 valence electrons. The van der Waals surface area contributed by atoms with Gasteiger partial charge in [-0.15, -0.1) is 0 Å². The molecule has 0 amide bonds. The zero-order chi connectivity index (χ0) is 14.3. The monoisotopic (exact) mass is 451 g/mol. The average molecular weight is 451 g/mol. The van der Waals surface area contributed by atoms with Crippen molar-refractivity contribution in [2.45, 2.75) is 35.1 Å². The number of allylic oxidation sites excluding steroid dienone is 2. The molecule has 2 rings (SSSR count). The summed E-state index contributed by atoms with van der Waals surface area (Å²) in [6.45, 7) is 7.09. The van der Waals surface area contributed by atoms with Crippen LogP contribution in [0.1, 0.15) is 32.9 Å². The number of hydrogen-bond acceptors (Lipinski definition) is 5. The molecule has 0 aliphatic heterocycles. The van der Waals surface area contributed by atoms with E-state index in [4.69, 9.17) is 5.73 Å². The quantitative estimate of drug-likeness (QED) is 0.696. The molecule has 0 unspecified atom stereocenters.